The number of sulfonamides is 1. The molecule has 0 atom stereocenters. The summed E-state index contributed by atoms with van der Waals surface area (Å²) in [5.74, 6) is 0.117. The van der Waals surface area contributed by atoms with Gasteiger partial charge in [-0.15, -0.1) is 0 Å². The van der Waals surface area contributed by atoms with E-state index in [-0.39, 0.29) is 23.3 Å². The van der Waals surface area contributed by atoms with Crippen LogP contribution < -0.4 is 15.0 Å². The minimum atomic E-state index is -3.62. The number of hydrogen-bond acceptors (Lipinski definition) is 6. The summed E-state index contributed by atoms with van der Waals surface area (Å²) in [5.41, 5.74) is 1.48. The van der Waals surface area contributed by atoms with Crippen molar-refractivity contribution >= 4 is 33.2 Å². The van der Waals surface area contributed by atoms with Gasteiger partial charge in [0.25, 0.3) is 11.8 Å². The fraction of sp³-hybridized carbons (Fsp3) is 0.417. The SMILES string of the molecule is CCCCCN1C(=O)COc2ccc(NC(=O)c3ccc(S(=O)(=O)N4CCOCC4)cc3)cc21. The Labute approximate surface area is 199 Å². The van der Waals surface area contributed by atoms with E-state index in [4.69, 9.17) is 9.47 Å². The molecule has 0 radical (unpaired) electrons. The smallest absolute Gasteiger partial charge is 0.265 e. The van der Waals surface area contributed by atoms with E-state index in [1.807, 2.05) is 0 Å². The number of carbonyl (C=O) groups is 2. The summed E-state index contributed by atoms with van der Waals surface area (Å²) in [5, 5.41) is 2.82. The predicted molar refractivity (Wildman–Crippen MR) is 128 cm³/mol. The highest BCUT2D eigenvalue weighted by molar-refractivity contribution is 7.89. The molecule has 10 heteroatoms. The third kappa shape index (κ3) is 5.24. The van der Waals surface area contributed by atoms with Crippen LogP contribution in [0.25, 0.3) is 0 Å². The predicted octanol–water partition coefficient (Wildman–Crippen LogP) is 2.88. The van der Waals surface area contributed by atoms with Crippen molar-refractivity contribution in [3.8, 4) is 5.75 Å². The lowest BCUT2D eigenvalue weighted by Crippen LogP contribution is -2.40. The Bertz CT molecular complexity index is 1140. The molecule has 2 heterocycles. The second-order valence-electron chi connectivity index (χ2n) is 8.22. The maximum Gasteiger partial charge on any atom is 0.265 e. The second kappa shape index (κ2) is 10.5. The van der Waals surface area contributed by atoms with E-state index >= 15 is 0 Å². The lowest BCUT2D eigenvalue weighted by atomic mass is 10.1. The Morgan fingerprint density at radius 2 is 1.79 bits per heavy atom. The molecule has 4 rings (SSSR count). The number of nitrogens with zero attached hydrogens (tertiary/aromatic N) is 2. The van der Waals surface area contributed by atoms with E-state index in [0.29, 0.717) is 55.5 Å². The molecular formula is C24H29N3O6S. The Morgan fingerprint density at radius 1 is 1.06 bits per heavy atom. The van der Waals surface area contributed by atoms with Crippen LogP contribution >= 0.6 is 0 Å². The van der Waals surface area contributed by atoms with E-state index in [2.05, 4.69) is 12.2 Å². The highest BCUT2D eigenvalue weighted by Crippen LogP contribution is 2.35. The fourth-order valence-electron chi connectivity index (χ4n) is 3.96. The van der Waals surface area contributed by atoms with Crippen LogP contribution in [-0.4, -0.2) is 64.0 Å². The molecule has 0 aromatic heterocycles. The van der Waals surface area contributed by atoms with Crippen LogP contribution in [0.2, 0.25) is 0 Å². The number of unbranched alkanes of at least 4 members (excludes halogenated alkanes) is 2. The first-order chi connectivity index (χ1) is 16.4. The highest BCUT2D eigenvalue weighted by Gasteiger charge is 2.27. The van der Waals surface area contributed by atoms with Crippen molar-refractivity contribution in [1.82, 2.24) is 4.31 Å². The van der Waals surface area contributed by atoms with Crippen molar-refractivity contribution in [2.75, 3.05) is 49.7 Å². The number of carbonyl (C=O) groups excluding carboxylic acids is 2. The molecule has 1 N–H and O–H groups in total. The second-order valence-corrected chi connectivity index (χ2v) is 10.2. The molecule has 0 saturated carbocycles. The topological polar surface area (TPSA) is 105 Å². The molecule has 0 spiro atoms. The van der Waals surface area contributed by atoms with Crippen molar-refractivity contribution in [3.63, 3.8) is 0 Å². The number of rotatable bonds is 8. The van der Waals surface area contributed by atoms with Gasteiger partial charge in [-0.3, -0.25) is 9.59 Å². The van der Waals surface area contributed by atoms with E-state index in [9.17, 15) is 18.0 Å². The quantitative estimate of drug-likeness (QED) is 0.574. The van der Waals surface area contributed by atoms with Crippen molar-refractivity contribution in [2.24, 2.45) is 0 Å². The molecule has 9 nitrogen and oxygen atoms in total. The maximum atomic E-state index is 12.8. The van der Waals surface area contributed by atoms with Gasteiger partial charge in [0.1, 0.15) is 5.75 Å². The van der Waals surface area contributed by atoms with Gasteiger partial charge >= 0.3 is 0 Å². The van der Waals surface area contributed by atoms with Crippen LogP contribution in [0.4, 0.5) is 11.4 Å². The molecular weight excluding hydrogens is 458 g/mol. The third-order valence-electron chi connectivity index (χ3n) is 5.87. The molecule has 1 fully saturated rings. The first-order valence-electron chi connectivity index (χ1n) is 11.5. The Hall–Kier alpha value is -2.95. The Kier molecular flexibility index (Phi) is 7.50. The van der Waals surface area contributed by atoms with Gasteiger partial charge in [0.05, 0.1) is 23.8 Å². The first kappa shape index (κ1) is 24.2. The normalized spacial score (nSPS) is 16.6. The number of morpholine rings is 1. The van der Waals surface area contributed by atoms with Crippen molar-refractivity contribution in [3.05, 3.63) is 48.0 Å². The van der Waals surface area contributed by atoms with Crippen LogP contribution in [0.1, 0.15) is 36.5 Å². The fourth-order valence-corrected chi connectivity index (χ4v) is 5.37. The maximum absolute atomic E-state index is 12.8. The van der Waals surface area contributed by atoms with Crippen LogP contribution in [0.15, 0.2) is 47.4 Å². The van der Waals surface area contributed by atoms with Crippen molar-refractivity contribution < 1.29 is 27.5 Å². The number of nitrogens with one attached hydrogen (secondary N) is 1. The summed E-state index contributed by atoms with van der Waals surface area (Å²) in [6.45, 7) is 4.06. The van der Waals surface area contributed by atoms with E-state index in [1.165, 1.54) is 28.6 Å². The molecule has 2 aliphatic heterocycles. The van der Waals surface area contributed by atoms with E-state index < -0.39 is 10.0 Å². The van der Waals surface area contributed by atoms with Gasteiger partial charge < -0.3 is 19.7 Å². The van der Waals surface area contributed by atoms with Gasteiger partial charge in [-0.2, -0.15) is 4.31 Å². The Morgan fingerprint density at radius 3 is 2.50 bits per heavy atom. The monoisotopic (exact) mass is 487 g/mol. The summed E-state index contributed by atoms with van der Waals surface area (Å²) in [6, 6.07) is 11.0. The summed E-state index contributed by atoms with van der Waals surface area (Å²) in [7, 11) is -3.62. The summed E-state index contributed by atoms with van der Waals surface area (Å²) in [4.78, 5) is 27.0. The van der Waals surface area contributed by atoms with Crippen molar-refractivity contribution in [1.29, 1.82) is 0 Å². The molecule has 34 heavy (non-hydrogen) atoms. The largest absolute Gasteiger partial charge is 0.482 e. The average Bonchev–Trinajstić information content (AvgIpc) is 2.86. The van der Waals surface area contributed by atoms with Crippen LogP contribution in [-0.2, 0) is 19.6 Å². The van der Waals surface area contributed by atoms with E-state index in [0.717, 1.165) is 19.3 Å². The number of benzene rings is 2. The minimum absolute atomic E-state index is 0.00450. The first-order valence-corrected chi connectivity index (χ1v) is 12.9. The zero-order chi connectivity index (χ0) is 24.1. The van der Waals surface area contributed by atoms with Gasteiger partial charge in [-0.1, -0.05) is 19.8 Å². The zero-order valence-electron chi connectivity index (χ0n) is 19.2. The Balaban J connectivity index is 1.47. The van der Waals surface area contributed by atoms with Gasteiger partial charge in [-0.05, 0) is 48.9 Å². The van der Waals surface area contributed by atoms with Gasteiger partial charge in [-0.25, -0.2) is 8.42 Å². The summed E-state index contributed by atoms with van der Waals surface area (Å²) in [6.07, 6.45) is 2.96. The third-order valence-corrected chi connectivity index (χ3v) is 7.78. The number of fused-ring (bicyclic) bond motifs is 1. The highest BCUT2D eigenvalue weighted by atomic mass is 32.2. The summed E-state index contributed by atoms with van der Waals surface area (Å²) < 4.78 is 37.7. The zero-order valence-corrected chi connectivity index (χ0v) is 20.0. The number of anilines is 2. The van der Waals surface area contributed by atoms with Crippen LogP contribution in [0, 0.1) is 0 Å². The lowest BCUT2D eigenvalue weighted by molar-refractivity contribution is -0.121. The van der Waals surface area contributed by atoms with E-state index in [1.54, 1.807) is 23.1 Å². The molecule has 0 aliphatic carbocycles. The molecule has 2 amide bonds. The standard InChI is InChI=1S/C24H29N3O6S/c1-2-3-4-11-27-21-16-19(7-10-22(21)33-17-23(27)28)25-24(29)18-5-8-20(9-6-18)34(30,31)26-12-14-32-15-13-26/h5-10,16H,2-4,11-15,17H2,1H3,(H,25,29). The lowest BCUT2D eigenvalue weighted by Gasteiger charge is -2.30. The molecule has 0 bridgehead atoms. The van der Waals surface area contributed by atoms with Gasteiger partial charge in [0.2, 0.25) is 10.0 Å². The number of ether oxygens (including phenoxy) is 2. The molecule has 182 valence electrons. The molecule has 2 aliphatic rings. The van der Waals surface area contributed by atoms with Gasteiger partial charge in [0.15, 0.2) is 6.61 Å². The average molecular weight is 488 g/mol. The number of amides is 2. The molecule has 1 saturated heterocycles. The van der Waals surface area contributed by atoms with Crippen LogP contribution in [0.3, 0.4) is 0 Å². The number of hydrogen-bond donors (Lipinski definition) is 1. The van der Waals surface area contributed by atoms with Crippen LogP contribution in [0.5, 0.6) is 5.75 Å². The minimum Gasteiger partial charge on any atom is -0.482 e. The van der Waals surface area contributed by atoms with Gasteiger partial charge in [0, 0.05) is 30.9 Å². The van der Waals surface area contributed by atoms with Crippen molar-refractivity contribution in [2.45, 2.75) is 31.1 Å². The molecule has 0 unspecified atom stereocenters. The molecule has 2 aromatic carbocycles. The summed E-state index contributed by atoms with van der Waals surface area (Å²) >= 11 is 0. The molecule has 2 aromatic rings.